The summed E-state index contributed by atoms with van der Waals surface area (Å²) < 4.78 is 1.54. The molecule has 6 heteroatoms. The molecule has 1 aromatic rings. The van der Waals surface area contributed by atoms with Gasteiger partial charge in [0.2, 0.25) is 0 Å². The molecule has 3 N–H and O–H groups in total. The molecule has 1 aliphatic heterocycles. The Morgan fingerprint density at radius 1 is 1.44 bits per heavy atom. The summed E-state index contributed by atoms with van der Waals surface area (Å²) in [6.07, 6.45) is 5.25. The fourth-order valence-electron chi connectivity index (χ4n) is 1.83. The average molecular weight is 223 g/mol. The van der Waals surface area contributed by atoms with Gasteiger partial charge in [-0.05, 0) is 18.9 Å². The van der Waals surface area contributed by atoms with E-state index < -0.39 is 0 Å². The molecule has 0 unspecified atom stereocenters. The molecule has 0 aromatic carbocycles. The number of nitrogens with one attached hydrogen (secondary N) is 1. The molecule has 0 radical (unpaired) electrons. The van der Waals surface area contributed by atoms with Gasteiger partial charge in [-0.1, -0.05) is 6.42 Å². The molecular formula is C10H17N5O. The zero-order valence-corrected chi connectivity index (χ0v) is 9.22. The molecular weight excluding hydrogens is 206 g/mol. The van der Waals surface area contributed by atoms with Crippen molar-refractivity contribution in [1.29, 1.82) is 0 Å². The number of piperidine rings is 1. The third kappa shape index (κ3) is 2.96. The largest absolute Gasteiger partial charge is 0.382 e. The van der Waals surface area contributed by atoms with E-state index in [-0.39, 0.29) is 12.5 Å². The predicted octanol–water partition coefficient (Wildman–Crippen LogP) is -0.0176. The van der Waals surface area contributed by atoms with Crippen LogP contribution in [0.3, 0.4) is 0 Å². The molecule has 0 bridgehead atoms. The highest BCUT2D eigenvalue weighted by Crippen LogP contribution is 2.05. The minimum atomic E-state index is -0.0509. The summed E-state index contributed by atoms with van der Waals surface area (Å²) in [7, 11) is 0. The van der Waals surface area contributed by atoms with Crippen molar-refractivity contribution in [2.75, 3.05) is 18.8 Å². The van der Waals surface area contributed by atoms with Crippen LogP contribution in [-0.4, -0.2) is 33.8 Å². The summed E-state index contributed by atoms with van der Waals surface area (Å²) in [6, 6.07) is 1.67. The maximum atomic E-state index is 11.6. The van der Waals surface area contributed by atoms with Gasteiger partial charge in [-0.3, -0.25) is 14.9 Å². The first-order chi connectivity index (χ1) is 7.74. The highest BCUT2D eigenvalue weighted by Gasteiger charge is 2.12. The van der Waals surface area contributed by atoms with Gasteiger partial charge in [-0.15, -0.1) is 0 Å². The molecule has 88 valence electrons. The van der Waals surface area contributed by atoms with Gasteiger partial charge in [0.15, 0.2) is 0 Å². The van der Waals surface area contributed by atoms with Gasteiger partial charge in [0.05, 0.1) is 0 Å². The molecule has 0 spiro atoms. The topological polar surface area (TPSA) is 76.2 Å². The second-order valence-corrected chi connectivity index (χ2v) is 4.02. The van der Waals surface area contributed by atoms with Crippen molar-refractivity contribution < 1.29 is 4.79 Å². The highest BCUT2D eigenvalue weighted by molar-refractivity contribution is 5.75. The molecule has 0 aliphatic carbocycles. The number of anilines is 1. The number of carbonyl (C=O) groups excluding carboxylic acids is 1. The third-order valence-corrected chi connectivity index (χ3v) is 2.61. The van der Waals surface area contributed by atoms with Gasteiger partial charge in [0.1, 0.15) is 12.4 Å². The number of nitrogen functional groups attached to an aromatic ring is 1. The van der Waals surface area contributed by atoms with Crippen LogP contribution in [0.2, 0.25) is 0 Å². The fraction of sp³-hybridized carbons (Fsp3) is 0.600. The smallest absolute Gasteiger partial charge is 0.255 e. The lowest BCUT2D eigenvalue weighted by molar-refractivity contribution is -0.127. The van der Waals surface area contributed by atoms with E-state index in [4.69, 9.17) is 5.73 Å². The van der Waals surface area contributed by atoms with Crippen LogP contribution in [0.15, 0.2) is 12.3 Å². The van der Waals surface area contributed by atoms with Crippen LogP contribution in [-0.2, 0) is 11.3 Å². The van der Waals surface area contributed by atoms with Gasteiger partial charge < -0.3 is 5.73 Å². The molecule has 6 nitrogen and oxygen atoms in total. The van der Waals surface area contributed by atoms with E-state index in [1.54, 1.807) is 12.3 Å². The molecule has 1 saturated heterocycles. The SMILES string of the molecule is Nc1ccn(CC(=O)NN2CCCCC2)n1. The van der Waals surface area contributed by atoms with E-state index in [0.717, 1.165) is 25.9 Å². The number of hydrogen-bond donors (Lipinski definition) is 2. The number of carbonyl (C=O) groups is 1. The standard InChI is InChI=1S/C10H17N5O/c11-9-4-7-15(12-9)8-10(16)13-14-5-2-1-3-6-14/h4,7H,1-3,5-6,8H2,(H2,11,12)(H,13,16). The Hall–Kier alpha value is -1.56. The number of aromatic nitrogens is 2. The minimum absolute atomic E-state index is 0.0509. The molecule has 1 fully saturated rings. The summed E-state index contributed by atoms with van der Waals surface area (Å²) in [5.41, 5.74) is 8.33. The number of nitrogens with two attached hydrogens (primary N) is 1. The van der Waals surface area contributed by atoms with E-state index >= 15 is 0 Å². The van der Waals surface area contributed by atoms with Crippen molar-refractivity contribution in [3.05, 3.63) is 12.3 Å². The average Bonchev–Trinajstić information content (AvgIpc) is 2.65. The minimum Gasteiger partial charge on any atom is -0.382 e. The van der Waals surface area contributed by atoms with Crippen LogP contribution in [0.4, 0.5) is 5.82 Å². The third-order valence-electron chi connectivity index (χ3n) is 2.61. The molecule has 1 amide bonds. The van der Waals surface area contributed by atoms with E-state index in [0.29, 0.717) is 5.82 Å². The molecule has 0 saturated carbocycles. The Morgan fingerprint density at radius 2 is 2.19 bits per heavy atom. The Morgan fingerprint density at radius 3 is 2.81 bits per heavy atom. The molecule has 2 rings (SSSR count). The molecule has 2 heterocycles. The number of amides is 1. The summed E-state index contributed by atoms with van der Waals surface area (Å²) in [5.74, 6) is 0.385. The van der Waals surface area contributed by atoms with E-state index in [1.165, 1.54) is 11.1 Å². The van der Waals surface area contributed by atoms with Gasteiger partial charge in [-0.2, -0.15) is 5.10 Å². The Bertz CT molecular complexity index is 356. The van der Waals surface area contributed by atoms with Crippen molar-refractivity contribution >= 4 is 11.7 Å². The number of nitrogens with zero attached hydrogens (tertiary/aromatic N) is 3. The van der Waals surface area contributed by atoms with Crippen LogP contribution in [0.5, 0.6) is 0 Å². The maximum absolute atomic E-state index is 11.6. The van der Waals surface area contributed by atoms with Gasteiger partial charge >= 0.3 is 0 Å². The molecule has 1 aliphatic rings. The summed E-state index contributed by atoms with van der Waals surface area (Å²) >= 11 is 0. The Balaban J connectivity index is 1.79. The Labute approximate surface area is 94.4 Å². The number of hydrogen-bond acceptors (Lipinski definition) is 4. The quantitative estimate of drug-likeness (QED) is 0.755. The van der Waals surface area contributed by atoms with Gasteiger partial charge in [0, 0.05) is 19.3 Å². The van der Waals surface area contributed by atoms with Crippen molar-refractivity contribution in [2.45, 2.75) is 25.8 Å². The van der Waals surface area contributed by atoms with Crippen molar-refractivity contribution in [3.63, 3.8) is 0 Å². The lowest BCUT2D eigenvalue weighted by Gasteiger charge is -2.26. The van der Waals surface area contributed by atoms with E-state index in [9.17, 15) is 4.79 Å². The second kappa shape index (κ2) is 4.98. The highest BCUT2D eigenvalue weighted by atomic mass is 16.2. The zero-order valence-electron chi connectivity index (χ0n) is 9.22. The van der Waals surface area contributed by atoms with E-state index in [1.807, 2.05) is 5.01 Å². The second-order valence-electron chi connectivity index (χ2n) is 4.02. The summed E-state index contributed by atoms with van der Waals surface area (Å²) in [5, 5.41) is 5.93. The summed E-state index contributed by atoms with van der Waals surface area (Å²) in [6.45, 7) is 2.09. The first-order valence-electron chi connectivity index (χ1n) is 5.57. The van der Waals surface area contributed by atoms with Gasteiger partial charge in [-0.25, -0.2) is 5.01 Å². The molecule has 16 heavy (non-hydrogen) atoms. The monoisotopic (exact) mass is 223 g/mol. The van der Waals surface area contributed by atoms with Gasteiger partial charge in [0.25, 0.3) is 5.91 Å². The van der Waals surface area contributed by atoms with Crippen molar-refractivity contribution in [2.24, 2.45) is 0 Å². The van der Waals surface area contributed by atoms with Crippen LogP contribution in [0.25, 0.3) is 0 Å². The first kappa shape index (κ1) is 10.9. The Kier molecular flexibility index (Phi) is 3.40. The summed E-state index contributed by atoms with van der Waals surface area (Å²) in [4.78, 5) is 11.6. The van der Waals surface area contributed by atoms with Crippen LogP contribution < -0.4 is 11.2 Å². The van der Waals surface area contributed by atoms with Crippen LogP contribution >= 0.6 is 0 Å². The maximum Gasteiger partial charge on any atom is 0.255 e. The lowest BCUT2D eigenvalue weighted by atomic mass is 10.2. The van der Waals surface area contributed by atoms with Crippen molar-refractivity contribution in [3.8, 4) is 0 Å². The van der Waals surface area contributed by atoms with Crippen LogP contribution in [0.1, 0.15) is 19.3 Å². The van der Waals surface area contributed by atoms with Crippen molar-refractivity contribution in [1.82, 2.24) is 20.2 Å². The number of rotatable bonds is 3. The number of hydrazine groups is 1. The fourth-order valence-corrected chi connectivity index (χ4v) is 1.83. The zero-order chi connectivity index (χ0) is 11.4. The molecule has 0 atom stereocenters. The lowest BCUT2D eigenvalue weighted by Crippen LogP contribution is -2.46. The molecule has 1 aromatic heterocycles. The normalized spacial score (nSPS) is 17.2. The first-order valence-corrected chi connectivity index (χ1v) is 5.57. The van der Waals surface area contributed by atoms with Crippen LogP contribution in [0, 0.1) is 0 Å². The predicted molar refractivity (Wildman–Crippen MR) is 60.2 cm³/mol. The van der Waals surface area contributed by atoms with E-state index in [2.05, 4.69) is 10.5 Å².